The van der Waals surface area contributed by atoms with Gasteiger partial charge in [-0.3, -0.25) is 10.2 Å². The van der Waals surface area contributed by atoms with Crippen molar-refractivity contribution in [3.8, 4) is 6.07 Å². The van der Waals surface area contributed by atoms with E-state index in [2.05, 4.69) is 16.3 Å². The summed E-state index contributed by atoms with van der Waals surface area (Å²) in [6.07, 6.45) is 5.54. The third-order valence-electron chi connectivity index (χ3n) is 3.97. The minimum atomic E-state index is -0.356. The molecule has 0 aromatic rings. The van der Waals surface area contributed by atoms with E-state index in [-0.39, 0.29) is 5.54 Å². The largest absolute Gasteiger partial charge is 0.383 e. The molecule has 0 radical (unpaired) electrons. The van der Waals surface area contributed by atoms with E-state index in [0.29, 0.717) is 6.04 Å². The maximum absolute atomic E-state index is 9.35. The van der Waals surface area contributed by atoms with Gasteiger partial charge in [-0.1, -0.05) is 0 Å². The van der Waals surface area contributed by atoms with Gasteiger partial charge in [0.2, 0.25) is 0 Å². The van der Waals surface area contributed by atoms with Gasteiger partial charge in [0.05, 0.1) is 19.3 Å². The Morgan fingerprint density at radius 3 is 2.24 bits per heavy atom. The molecule has 5 heteroatoms. The zero-order valence-electron chi connectivity index (χ0n) is 13.9. The van der Waals surface area contributed by atoms with Crippen LogP contribution in [0, 0.1) is 11.3 Å². The summed E-state index contributed by atoms with van der Waals surface area (Å²) in [6, 6.07) is 3.02. The molecule has 1 saturated carbocycles. The molecule has 1 fully saturated rings. The van der Waals surface area contributed by atoms with E-state index < -0.39 is 0 Å². The van der Waals surface area contributed by atoms with Crippen LogP contribution in [-0.2, 0) is 9.47 Å². The fraction of sp³-hybridized carbons (Fsp3) is 0.938. The number of unbranched alkanes of at least 4 members (excludes halogenated alkanes) is 1. The van der Waals surface area contributed by atoms with Gasteiger partial charge >= 0.3 is 0 Å². The van der Waals surface area contributed by atoms with E-state index in [4.69, 9.17) is 9.47 Å². The molecule has 0 bridgehead atoms. The van der Waals surface area contributed by atoms with Gasteiger partial charge in [0.1, 0.15) is 5.54 Å². The maximum Gasteiger partial charge on any atom is 0.104 e. The molecule has 1 rings (SSSR count). The number of methoxy groups -OCH3 is 2. The molecule has 0 amide bonds. The third kappa shape index (κ3) is 8.37. The van der Waals surface area contributed by atoms with Gasteiger partial charge in [0.15, 0.2) is 0 Å². The molecule has 1 aliphatic carbocycles. The summed E-state index contributed by atoms with van der Waals surface area (Å²) in [5.74, 6) is 0. The lowest BCUT2D eigenvalue weighted by molar-refractivity contribution is 0.112. The van der Waals surface area contributed by atoms with Crippen LogP contribution in [0.4, 0.5) is 0 Å². The molecule has 5 nitrogen and oxygen atoms in total. The van der Waals surface area contributed by atoms with Crippen LogP contribution in [0.25, 0.3) is 0 Å². The third-order valence-corrected chi connectivity index (χ3v) is 3.97. The summed E-state index contributed by atoms with van der Waals surface area (Å²) in [7, 11) is 3.47. The summed E-state index contributed by atoms with van der Waals surface area (Å²) in [5, 5.41) is 12.8. The van der Waals surface area contributed by atoms with Gasteiger partial charge < -0.3 is 9.47 Å². The molecule has 122 valence electrons. The first-order valence-corrected chi connectivity index (χ1v) is 8.02. The highest BCUT2D eigenvalue weighted by Crippen LogP contribution is 2.24. The quantitative estimate of drug-likeness (QED) is 0.525. The van der Waals surface area contributed by atoms with Crippen molar-refractivity contribution in [3.05, 3.63) is 0 Å². The molecule has 0 saturated heterocycles. The zero-order valence-corrected chi connectivity index (χ0v) is 13.9. The molecule has 1 unspecified atom stereocenters. The van der Waals surface area contributed by atoms with Crippen LogP contribution < -0.4 is 5.32 Å². The van der Waals surface area contributed by atoms with E-state index in [0.717, 1.165) is 52.1 Å². The molecule has 0 aromatic carbocycles. The van der Waals surface area contributed by atoms with Crippen molar-refractivity contribution >= 4 is 0 Å². The van der Waals surface area contributed by atoms with Crippen molar-refractivity contribution < 1.29 is 9.47 Å². The van der Waals surface area contributed by atoms with Gasteiger partial charge in [-0.25, -0.2) is 0 Å². The predicted octanol–water partition coefficient (Wildman–Crippen LogP) is 1.79. The van der Waals surface area contributed by atoms with Crippen LogP contribution in [0.15, 0.2) is 0 Å². The van der Waals surface area contributed by atoms with Crippen molar-refractivity contribution in [2.24, 2.45) is 0 Å². The Hall–Kier alpha value is -0.670. The molecular weight excluding hydrogens is 266 g/mol. The molecule has 1 N–H and O–H groups in total. The number of nitriles is 1. The standard InChI is InChI=1S/C16H31N3O2/c1-16(14-17,18-15-6-7-15)8-4-5-9-19(10-12-20-2)11-13-21-3/h15,18H,4-13H2,1-3H3. The van der Waals surface area contributed by atoms with Crippen LogP contribution in [0.5, 0.6) is 0 Å². The van der Waals surface area contributed by atoms with E-state index in [1.54, 1.807) is 14.2 Å². The SMILES string of the molecule is COCCN(CCCCC(C)(C#N)NC1CC1)CCOC. The van der Waals surface area contributed by atoms with Crippen LogP contribution >= 0.6 is 0 Å². The van der Waals surface area contributed by atoms with Gasteiger partial charge in [0, 0.05) is 33.4 Å². The highest BCUT2D eigenvalue weighted by Gasteiger charge is 2.31. The normalized spacial score (nSPS) is 17.7. The maximum atomic E-state index is 9.35. The second kappa shape index (κ2) is 10.1. The lowest BCUT2D eigenvalue weighted by atomic mass is 9.96. The summed E-state index contributed by atoms with van der Waals surface area (Å²) in [5.41, 5.74) is -0.356. The Balaban J connectivity index is 2.20. The summed E-state index contributed by atoms with van der Waals surface area (Å²) in [4.78, 5) is 2.37. The molecule has 21 heavy (non-hydrogen) atoms. The fourth-order valence-electron chi connectivity index (χ4n) is 2.43. The Morgan fingerprint density at radius 1 is 1.14 bits per heavy atom. The molecule has 1 aliphatic rings. The number of nitrogens with one attached hydrogen (secondary N) is 1. The number of hydrogen-bond acceptors (Lipinski definition) is 5. The second-order valence-electron chi connectivity index (χ2n) is 6.15. The molecule has 0 aromatic heterocycles. The second-order valence-corrected chi connectivity index (χ2v) is 6.15. The van der Waals surface area contributed by atoms with Crippen molar-refractivity contribution in [2.45, 2.75) is 50.6 Å². The van der Waals surface area contributed by atoms with Crippen molar-refractivity contribution in [1.29, 1.82) is 5.26 Å². The Bertz CT molecular complexity index is 307. The highest BCUT2D eigenvalue weighted by molar-refractivity contribution is 5.06. The number of rotatable bonds is 13. The molecule has 0 aliphatic heterocycles. The van der Waals surface area contributed by atoms with Crippen molar-refractivity contribution in [2.75, 3.05) is 47.1 Å². The van der Waals surface area contributed by atoms with Gasteiger partial charge in [0.25, 0.3) is 0 Å². The summed E-state index contributed by atoms with van der Waals surface area (Å²) >= 11 is 0. The van der Waals surface area contributed by atoms with Crippen LogP contribution in [0.2, 0.25) is 0 Å². The Morgan fingerprint density at radius 2 is 1.76 bits per heavy atom. The molecule has 0 spiro atoms. The average Bonchev–Trinajstić information content (AvgIpc) is 3.29. The van der Waals surface area contributed by atoms with Crippen LogP contribution in [0.3, 0.4) is 0 Å². The molecular formula is C16H31N3O2. The minimum Gasteiger partial charge on any atom is -0.383 e. The van der Waals surface area contributed by atoms with E-state index in [9.17, 15) is 5.26 Å². The van der Waals surface area contributed by atoms with Crippen LogP contribution in [-0.4, -0.2) is 63.5 Å². The van der Waals surface area contributed by atoms with Gasteiger partial charge in [-0.2, -0.15) is 5.26 Å². The lowest BCUT2D eigenvalue weighted by Crippen LogP contribution is -2.42. The molecule has 1 atom stereocenters. The minimum absolute atomic E-state index is 0.356. The monoisotopic (exact) mass is 297 g/mol. The first-order valence-electron chi connectivity index (χ1n) is 8.02. The smallest absolute Gasteiger partial charge is 0.104 e. The average molecular weight is 297 g/mol. The lowest BCUT2D eigenvalue weighted by Gasteiger charge is -2.25. The fourth-order valence-corrected chi connectivity index (χ4v) is 2.43. The van der Waals surface area contributed by atoms with Gasteiger partial charge in [-0.05, 0) is 45.6 Å². The number of hydrogen-bond donors (Lipinski definition) is 1. The molecule has 0 heterocycles. The highest BCUT2D eigenvalue weighted by atomic mass is 16.5. The summed E-state index contributed by atoms with van der Waals surface area (Å²) < 4.78 is 10.3. The van der Waals surface area contributed by atoms with Crippen molar-refractivity contribution in [1.82, 2.24) is 10.2 Å². The van der Waals surface area contributed by atoms with Crippen molar-refractivity contribution in [3.63, 3.8) is 0 Å². The van der Waals surface area contributed by atoms with E-state index in [1.165, 1.54) is 12.8 Å². The first-order chi connectivity index (χ1) is 10.1. The number of ether oxygens (including phenoxy) is 2. The van der Waals surface area contributed by atoms with Crippen LogP contribution in [0.1, 0.15) is 39.0 Å². The predicted molar refractivity (Wildman–Crippen MR) is 84.2 cm³/mol. The Labute approximate surface area is 129 Å². The Kier molecular flexibility index (Phi) is 8.86. The van der Waals surface area contributed by atoms with Gasteiger partial charge in [-0.15, -0.1) is 0 Å². The first kappa shape index (κ1) is 18.4. The van der Waals surface area contributed by atoms with E-state index >= 15 is 0 Å². The van der Waals surface area contributed by atoms with E-state index in [1.807, 2.05) is 6.92 Å². The summed E-state index contributed by atoms with van der Waals surface area (Å²) in [6.45, 7) is 6.45. The topological polar surface area (TPSA) is 57.5 Å². The number of nitrogens with zero attached hydrogens (tertiary/aromatic N) is 2. The zero-order chi connectivity index (χ0) is 15.6.